The summed E-state index contributed by atoms with van der Waals surface area (Å²) in [5.74, 6) is 0.882. The molecule has 4 heteroatoms. The average molecular weight is 418 g/mol. The van der Waals surface area contributed by atoms with Gasteiger partial charge in [-0.15, -0.1) is 0 Å². The Morgan fingerprint density at radius 3 is 2.62 bits per heavy atom. The molecule has 0 aliphatic rings. The van der Waals surface area contributed by atoms with E-state index in [1.165, 1.54) is 0 Å². The molecule has 1 nitrogen and oxygen atoms in total. The van der Waals surface area contributed by atoms with Crippen LogP contribution in [0.5, 0.6) is 5.75 Å². The molecular weight excluding hydrogens is 411 g/mol. The molecule has 0 aromatic heterocycles. The molecule has 0 aliphatic heterocycles. The minimum atomic E-state index is 0.882. The lowest BCUT2D eigenvalue weighted by atomic mass is 10.2. The average Bonchev–Trinajstić information content (AvgIpc) is 2.08. The van der Waals surface area contributed by atoms with Crippen LogP contribution >= 0.6 is 54.5 Å². The second-order valence-electron chi connectivity index (χ2n) is 2.32. The van der Waals surface area contributed by atoms with E-state index in [9.17, 15) is 0 Å². The number of halogens is 3. The van der Waals surface area contributed by atoms with E-state index >= 15 is 0 Å². The molecule has 1 rings (SSSR count). The van der Waals surface area contributed by atoms with Gasteiger partial charge in [0.05, 0.1) is 10.5 Å². The lowest BCUT2D eigenvalue weighted by molar-refractivity contribution is 0.414. The summed E-state index contributed by atoms with van der Waals surface area (Å²) in [6.07, 6.45) is 2.00. The molecule has 0 saturated heterocycles. The van der Waals surface area contributed by atoms with Crippen LogP contribution in [0.1, 0.15) is 5.56 Å². The molecule has 70 valence electrons. The van der Waals surface area contributed by atoms with Crippen LogP contribution in [0.2, 0.25) is 0 Å². The minimum Gasteiger partial charge on any atom is -0.497 e. The van der Waals surface area contributed by atoms with Gasteiger partial charge in [-0.3, -0.25) is 0 Å². The molecule has 0 radical (unpaired) electrons. The van der Waals surface area contributed by atoms with E-state index in [1.807, 2.05) is 24.3 Å². The fourth-order valence-corrected chi connectivity index (χ4v) is 2.01. The van der Waals surface area contributed by atoms with E-state index in [0.717, 1.165) is 18.3 Å². The molecule has 0 heterocycles. The highest BCUT2D eigenvalue weighted by atomic mass is 127. The number of methoxy groups -OCH3 is 1. The van der Waals surface area contributed by atoms with Crippen LogP contribution < -0.4 is 4.74 Å². The van der Waals surface area contributed by atoms with Crippen LogP contribution in [0.4, 0.5) is 0 Å². The maximum atomic E-state index is 5.11. The van der Waals surface area contributed by atoms with Crippen LogP contribution in [-0.2, 0) is 0 Å². The lowest BCUT2D eigenvalue weighted by Crippen LogP contribution is -1.85. The zero-order valence-electron chi connectivity index (χ0n) is 6.85. The predicted molar refractivity (Wildman–Crippen MR) is 71.5 cm³/mol. The molecule has 0 fully saturated rings. The Hall–Kier alpha value is 0.450. The van der Waals surface area contributed by atoms with Gasteiger partial charge >= 0.3 is 0 Å². The summed E-state index contributed by atoms with van der Waals surface area (Å²) in [5.41, 5.74) is 1.16. The molecule has 0 bridgehead atoms. The Morgan fingerprint density at radius 1 is 1.46 bits per heavy atom. The molecule has 0 saturated carbocycles. The first kappa shape index (κ1) is 11.5. The summed E-state index contributed by atoms with van der Waals surface area (Å²) >= 11 is 8.92. The SMILES string of the molecule is COc1ccc(C=C(Br)Br)c(I)c1. The highest BCUT2D eigenvalue weighted by Gasteiger charge is 1.99. The van der Waals surface area contributed by atoms with Crippen molar-refractivity contribution in [2.45, 2.75) is 0 Å². The van der Waals surface area contributed by atoms with Crippen molar-refractivity contribution in [1.82, 2.24) is 0 Å². The smallest absolute Gasteiger partial charge is 0.119 e. The predicted octanol–water partition coefficient (Wildman–Crippen LogP) is 4.39. The highest BCUT2D eigenvalue weighted by Crippen LogP contribution is 2.24. The van der Waals surface area contributed by atoms with Gasteiger partial charge in [0.2, 0.25) is 0 Å². The zero-order chi connectivity index (χ0) is 9.84. The van der Waals surface area contributed by atoms with Crippen LogP contribution in [0.15, 0.2) is 21.6 Å². The molecule has 0 unspecified atom stereocenters. The van der Waals surface area contributed by atoms with Gasteiger partial charge < -0.3 is 4.74 Å². The molecule has 0 N–H and O–H groups in total. The molecule has 1 aromatic rings. The summed E-state index contributed by atoms with van der Waals surface area (Å²) in [6.45, 7) is 0. The van der Waals surface area contributed by atoms with E-state index in [4.69, 9.17) is 4.74 Å². The van der Waals surface area contributed by atoms with Gasteiger partial charge in [-0.1, -0.05) is 6.07 Å². The summed E-state index contributed by atoms with van der Waals surface area (Å²) in [4.78, 5) is 0. The Kier molecular flexibility index (Phi) is 4.75. The monoisotopic (exact) mass is 416 g/mol. The van der Waals surface area contributed by atoms with Crippen molar-refractivity contribution in [3.05, 3.63) is 30.7 Å². The normalized spacial score (nSPS) is 9.54. The number of benzene rings is 1. The first-order chi connectivity index (χ1) is 6.13. The van der Waals surface area contributed by atoms with Gasteiger partial charge in [-0.2, -0.15) is 0 Å². The fraction of sp³-hybridized carbons (Fsp3) is 0.111. The molecule has 0 spiro atoms. The van der Waals surface area contributed by atoms with Crippen LogP contribution in [-0.4, -0.2) is 7.11 Å². The van der Waals surface area contributed by atoms with Crippen LogP contribution in [0.3, 0.4) is 0 Å². The standard InChI is InChI=1S/C9H7Br2IO/c1-13-7-3-2-6(4-9(10)11)8(12)5-7/h2-5H,1H3. The summed E-state index contributed by atoms with van der Waals surface area (Å²) in [6, 6.07) is 5.95. The maximum Gasteiger partial charge on any atom is 0.119 e. The second kappa shape index (κ2) is 5.36. The van der Waals surface area contributed by atoms with Crippen molar-refractivity contribution in [3.8, 4) is 5.75 Å². The summed E-state index contributed by atoms with van der Waals surface area (Å²) < 4.78 is 7.20. The van der Waals surface area contributed by atoms with Crippen LogP contribution in [0.25, 0.3) is 6.08 Å². The Bertz CT molecular complexity index is 332. The fourth-order valence-electron chi connectivity index (χ4n) is 0.869. The van der Waals surface area contributed by atoms with Crippen LogP contribution in [0, 0.1) is 3.57 Å². The molecule has 0 atom stereocenters. The molecular formula is C9H7Br2IO. The lowest BCUT2D eigenvalue weighted by Gasteiger charge is -2.02. The van der Waals surface area contributed by atoms with Crippen molar-refractivity contribution in [2.24, 2.45) is 0 Å². The summed E-state index contributed by atoms with van der Waals surface area (Å²) in [5, 5.41) is 0. The molecule has 0 amide bonds. The van der Waals surface area contributed by atoms with Crippen molar-refractivity contribution >= 4 is 60.5 Å². The molecule has 0 aliphatic carbocycles. The van der Waals surface area contributed by atoms with Gasteiger partial charge in [-0.05, 0) is 78.2 Å². The van der Waals surface area contributed by atoms with E-state index in [2.05, 4.69) is 54.5 Å². The van der Waals surface area contributed by atoms with Gasteiger partial charge in [-0.25, -0.2) is 0 Å². The first-order valence-corrected chi connectivity index (χ1v) is 6.16. The number of hydrogen-bond donors (Lipinski definition) is 0. The van der Waals surface area contributed by atoms with E-state index in [-0.39, 0.29) is 0 Å². The Labute approximate surface area is 108 Å². The second-order valence-corrected chi connectivity index (χ2v) is 6.26. The molecule has 1 aromatic carbocycles. The minimum absolute atomic E-state index is 0.882. The quantitative estimate of drug-likeness (QED) is 0.649. The first-order valence-electron chi connectivity index (χ1n) is 3.49. The van der Waals surface area contributed by atoms with E-state index in [0.29, 0.717) is 0 Å². The third kappa shape index (κ3) is 3.59. The van der Waals surface area contributed by atoms with E-state index < -0.39 is 0 Å². The Morgan fingerprint density at radius 2 is 2.15 bits per heavy atom. The van der Waals surface area contributed by atoms with Gasteiger partial charge in [0.1, 0.15) is 5.75 Å². The van der Waals surface area contributed by atoms with Crippen molar-refractivity contribution < 1.29 is 4.74 Å². The van der Waals surface area contributed by atoms with Gasteiger partial charge in [0.15, 0.2) is 0 Å². The topological polar surface area (TPSA) is 9.23 Å². The number of ether oxygens (including phenoxy) is 1. The van der Waals surface area contributed by atoms with E-state index in [1.54, 1.807) is 7.11 Å². The maximum absolute atomic E-state index is 5.11. The highest BCUT2D eigenvalue weighted by molar-refractivity contribution is 14.1. The van der Waals surface area contributed by atoms with Gasteiger partial charge in [0, 0.05) is 3.57 Å². The van der Waals surface area contributed by atoms with Gasteiger partial charge in [0.25, 0.3) is 0 Å². The largest absolute Gasteiger partial charge is 0.497 e. The van der Waals surface area contributed by atoms with Crippen molar-refractivity contribution in [1.29, 1.82) is 0 Å². The molecule has 13 heavy (non-hydrogen) atoms. The number of hydrogen-bond acceptors (Lipinski definition) is 1. The third-order valence-electron chi connectivity index (χ3n) is 1.47. The number of rotatable bonds is 2. The van der Waals surface area contributed by atoms with Crippen molar-refractivity contribution in [2.75, 3.05) is 7.11 Å². The Balaban J connectivity index is 3.05. The summed E-state index contributed by atoms with van der Waals surface area (Å²) in [7, 11) is 1.67. The third-order valence-corrected chi connectivity index (χ3v) is 2.86. The zero-order valence-corrected chi connectivity index (χ0v) is 12.2. The van der Waals surface area contributed by atoms with Crippen molar-refractivity contribution in [3.63, 3.8) is 0 Å².